The van der Waals surface area contributed by atoms with Gasteiger partial charge >= 0.3 is 0 Å². The average molecular weight is 1090 g/mol. The van der Waals surface area contributed by atoms with Gasteiger partial charge in [0.25, 0.3) is 0 Å². The number of anilines is 2. The van der Waals surface area contributed by atoms with Crippen molar-refractivity contribution in [2.75, 3.05) is 9.80 Å². The number of fused-ring (bicyclic) bond motifs is 18. The van der Waals surface area contributed by atoms with Crippen LogP contribution in [0.5, 0.6) is 0 Å². The van der Waals surface area contributed by atoms with Crippen LogP contribution in [-0.4, -0.2) is 25.5 Å². The van der Waals surface area contributed by atoms with Crippen molar-refractivity contribution in [3.05, 3.63) is 191 Å². The summed E-state index contributed by atoms with van der Waals surface area (Å²) in [6.07, 6.45) is 25.1. The molecule has 4 atom stereocenters. The summed E-state index contributed by atoms with van der Waals surface area (Å²) in [5.74, 6) is 0.289. The predicted octanol–water partition coefficient (Wildman–Crippen LogP) is 17.2. The molecular formula is C70H66B2N2S4. The first-order valence-corrected chi connectivity index (χ1v) is 31.4. The molecule has 386 valence electrons. The summed E-state index contributed by atoms with van der Waals surface area (Å²) in [6.45, 7) is 38.5. The van der Waals surface area contributed by atoms with Gasteiger partial charge in [0.05, 0.1) is 23.5 Å². The van der Waals surface area contributed by atoms with Gasteiger partial charge in [0.15, 0.2) is 0 Å². The lowest BCUT2D eigenvalue weighted by Gasteiger charge is -2.51. The number of rotatable bonds is 3. The van der Waals surface area contributed by atoms with E-state index in [1.165, 1.54) is 138 Å². The van der Waals surface area contributed by atoms with Crippen LogP contribution in [0.4, 0.5) is 11.4 Å². The van der Waals surface area contributed by atoms with Crippen LogP contribution in [0.15, 0.2) is 211 Å². The van der Waals surface area contributed by atoms with Crippen molar-refractivity contribution in [2.45, 2.75) is 115 Å². The zero-order valence-corrected chi connectivity index (χ0v) is 50.4. The quantitative estimate of drug-likeness (QED) is 0.163. The second-order valence-corrected chi connectivity index (χ2v) is 31.7. The molecule has 7 aromatic rings. The van der Waals surface area contributed by atoms with Gasteiger partial charge in [0.1, 0.15) is 0 Å². The molecule has 2 aromatic heterocycles. The summed E-state index contributed by atoms with van der Waals surface area (Å²) in [7, 11) is 0. The van der Waals surface area contributed by atoms with Crippen LogP contribution in [0.1, 0.15) is 83.1 Å². The van der Waals surface area contributed by atoms with E-state index in [0.717, 1.165) is 0 Å². The van der Waals surface area contributed by atoms with E-state index < -0.39 is 0 Å². The fraction of sp³-hybridized carbons (Fsp3) is 0.286. The maximum atomic E-state index is 5.40. The van der Waals surface area contributed by atoms with Gasteiger partial charge in [-0.3, -0.25) is 0 Å². The topological polar surface area (TPSA) is 6.48 Å². The van der Waals surface area contributed by atoms with Crippen LogP contribution in [0, 0.1) is 33.5 Å². The van der Waals surface area contributed by atoms with Crippen LogP contribution in [0.25, 0.3) is 40.3 Å². The van der Waals surface area contributed by atoms with Crippen molar-refractivity contribution in [1.82, 2.24) is 0 Å². The van der Waals surface area contributed by atoms with Crippen LogP contribution in [0.2, 0.25) is 0 Å². The molecule has 15 rings (SSSR count). The molecule has 0 radical (unpaired) electrons. The van der Waals surface area contributed by atoms with E-state index in [-0.39, 0.29) is 59.0 Å². The predicted molar refractivity (Wildman–Crippen MR) is 346 cm³/mol. The van der Waals surface area contributed by atoms with E-state index in [4.69, 9.17) is 13.2 Å². The molecule has 0 saturated carbocycles. The number of allylic oxidation sites excluding steroid dienone is 10. The highest BCUT2D eigenvalue weighted by Gasteiger charge is 2.59. The highest BCUT2D eigenvalue weighted by Crippen LogP contribution is 2.60. The van der Waals surface area contributed by atoms with Gasteiger partial charge in [-0.15, -0.1) is 29.3 Å². The lowest BCUT2D eigenvalue weighted by Crippen LogP contribution is -2.64. The van der Waals surface area contributed by atoms with E-state index >= 15 is 0 Å². The molecule has 0 fully saturated rings. The molecule has 0 saturated heterocycles. The Morgan fingerprint density at radius 1 is 0.577 bits per heavy atom. The molecule has 2 aliphatic carbocycles. The standard InChI is InChI=1S/C70H66B2N2S4/c1-15-51-40(26-28-67(3,4)5)47-31-39(70(12,13)14)32-50-62(47)73(51)64-60-66(78-58-36-56-46(34-49(58)72(50)60)42-21-17-19-23-54(42)76-56)63-59-65(64)77-57-35-55-45(41-20-16-18-22-53(41)75-55)33-48(57)71(59)37(2)61-43(27-29-68(6,7)8)44-30-38(69(9,10)11)24-25-52(44)74(61)63/h15-36,44,47,52,62H,1-2H2,3-14H3/b28-26+,29-27+. The third-order valence-corrected chi connectivity index (χ3v) is 22.6. The normalized spacial score (nSPS) is 22.2. The van der Waals surface area contributed by atoms with Gasteiger partial charge in [0.2, 0.25) is 13.4 Å². The highest BCUT2D eigenvalue weighted by molar-refractivity contribution is 8.01. The number of benzene rings is 5. The monoisotopic (exact) mass is 1080 g/mol. The van der Waals surface area contributed by atoms with Crippen LogP contribution in [-0.2, 0) is 0 Å². The van der Waals surface area contributed by atoms with Crippen LogP contribution >= 0.6 is 46.2 Å². The molecular weight excluding hydrogens is 1020 g/mol. The summed E-state index contributed by atoms with van der Waals surface area (Å²) in [5.41, 5.74) is 19.2. The Labute approximate surface area is 479 Å². The van der Waals surface area contributed by atoms with Gasteiger partial charge in [-0.1, -0.05) is 238 Å². The first-order valence-electron chi connectivity index (χ1n) is 28.2. The molecule has 8 heteroatoms. The molecule has 4 unspecified atom stereocenters. The maximum Gasteiger partial charge on any atom is 0.249 e. The van der Waals surface area contributed by atoms with Crippen molar-refractivity contribution in [1.29, 1.82) is 0 Å². The van der Waals surface area contributed by atoms with E-state index in [1.54, 1.807) is 0 Å². The zero-order valence-electron chi connectivity index (χ0n) is 47.1. The summed E-state index contributed by atoms with van der Waals surface area (Å²) >= 11 is 7.97. The second kappa shape index (κ2) is 16.5. The zero-order chi connectivity index (χ0) is 54.0. The van der Waals surface area contributed by atoms with Gasteiger partial charge in [-0.2, -0.15) is 0 Å². The lowest BCUT2D eigenvalue weighted by atomic mass is 9.30. The van der Waals surface area contributed by atoms with E-state index in [1.807, 2.05) is 34.4 Å². The molecule has 5 aromatic carbocycles. The largest absolute Gasteiger partial charge is 0.333 e. The third kappa shape index (κ3) is 7.04. The Kier molecular flexibility index (Phi) is 10.5. The summed E-state index contributed by atoms with van der Waals surface area (Å²) < 4.78 is 5.40. The maximum absolute atomic E-state index is 5.40. The minimum atomic E-state index is -0.0671. The van der Waals surface area contributed by atoms with E-state index in [9.17, 15) is 0 Å². The molecule has 6 aliphatic heterocycles. The smallest absolute Gasteiger partial charge is 0.249 e. The fourth-order valence-corrected chi connectivity index (χ4v) is 19.4. The molecule has 8 heterocycles. The summed E-state index contributed by atoms with van der Waals surface area (Å²) in [5, 5.41) is 5.41. The molecule has 0 amide bonds. The van der Waals surface area contributed by atoms with Crippen LogP contribution in [0.3, 0.4) is 0 Å². The van der Waals surface area contributed by atoms with Gasteiger partial charge in [0, 0.05) is 72.4 Å². The SMILES string of the molecule is C=CC1=C(/C=C/C(C)(C)C)C2C=C(C(C)(C)C)C=C3B4c5cc6c(cc5Sc5c4c(c4c7c5N5C(=C(/C=C/C(C)(C)C)C8C=C(C(C)(C)C)C=CC85)C(=C)B7c5cc7c(cc5S4)sc4ccccc47)N1C32)sc1ccccc16. The van der Waals surface area contributed by atoms with E-state index in [2.05, 4.69) is 238 Å². The van der Waals surface area contributed by atoms with Crippen molar-refractivity contribution < 1.29 is 0 Å². The second-order valence-electron chi connectivity index (χ2n) is 27.5. The fourth-order valence-electron chi connectivity index (χ4n) is 14.3. The Bertz CT molecular complexity index is 4220. The Morgan fingerprint density at radius 2 is 1.10 bits per heavy atom. The summed E-state index contributed by atoms with van der Waals surface area (Å²) in [4.78, 5) is 11.2. The van der Waals surface area contributed by atoms with Crippen molar-refractivity contribution >= 4 is 133 Å². The molecule has 0 bridgehead atoms. The number of thiophene rings is 2. The number of nitrogens with zero attached hydrogens (tertiary/aromatic N) is 2. The third-order valence-electron chi connectivity index (χ3n) is 17.9. The first kappa shape index (κ1) is 49.4. The Hall–Kier alpha value is -5.63. The molecule has 0 spiro atoms. The Morgan fingerprint density at radius 3 is 1.67 bits per heavy atom. The minimum Gasteiger partial charge on any atom is -0.333 e. The first-order chi connectivity index (χ1) is 37.1. The molecule has 0 N–H and O–H groups in total. The van der Waals surface area contributed by atoms with Gasteiger partial charge < -0.3 is 9.80 Å². The van der Waals surface area contributed by atoms with Crippen molar-refractivity contribution in [3.8, 4) is 0 Å². The van der Waals surface area contributed by atoms with Gasteiger partial charge in [-0.05, 0) is 96.0 Å². The number of hydrogen-bond acceptors (Lipinski definition) is 6. The van der Waals surface area contributed by atoms with Crippen molar-refractivity contribution in [3.63, 3.8) is 0 Å². The van der Waals surface area contributed by atoms with Gasteiger partial charge in [-0.25, -0.2) is 0 Å². The summed E-state index contributed by atoms with van der Waals surface area (Å²) in [6, 6.07) is 28.6. The van der Waals surface area contributed by atoms with E-state index in [0.29, 0.717) is 0 Å². The van der Waals surface area contributed by atoms with Crippen LogP contribution < -0.4 is 31.7 Å². The Balaban J connectivity index is 1.11. The molecule has 8 aliphatic rings. The minimum absolute atomic E-state index is 0.000642. The highest BCUT2D eigenvalue weighted by atomic mass is 32.2. The molecule has 2 nitrogen and oxygen atoms in total. The average Bonchev–Trinajstić information content (AvgIpc) is 3.19. The van der Waals surface area contributed by atoms with Crippen molar-refractivity contribution in [2.24, 2.45) is 33.5 Å². The molecule has 78 heavy (non-hydrogen) atoms. The number of hydrogen-bond donors (Lipinski definition) is 0. The lowest BCUT2D eigenvalue weighted by molar-refractivity contribution is 0.500.